The molecule has 0 spiro atoms. The van der Waals surface area contributed by atoms with Gasteiger partial charge in [-0.25, -0.2) is 4.79 Å². The summed E-state index contributed by atoms with van der Waals surface area (Å²) in [6, 6.07) is 17.0. The number of esters is 1. The molecule has 0 atom stereocenters. The Morgan fingerprint density at radius 2 is 1.64 bits per heavy atom. The molecule has 0 aliphatic heterocycles. The second-order valence-electron chi connectivity index (χ2n) is 4.85. The molecular formula is C19H19NO4S. The van der Waals surface area contributed by atoms with Crippen LogP contribution in [0.4, 0.5) is 0 Å². The highest BCUT2D eigenvalue weighted by molar-refractivity contribution is 7.93. The molecule has 25 heavy (non-hydrogen) atoms. The van der Waals surface area contributed by atoms with Gasteiger partial charge in [0.05, 0.1) is 32.5 Å². The Labute approximate surface area is 151 Å². The quantitative estimate of drug-likeness (QED) is 0.188. The number of rotatable bonds is 7. The number of methoxy groups -OCH3 is 2. The van der Waals surface area contributed by atoms with Gasteiger partial charge in [-0.3, -0.25) is 0 Å². The predicted octanol–water partition coefficient (Wildman–Crippen LogP) is 3.89. The molecule has 6 heteroatoms. The molecule has 0 saturated carbocycles. The van der Waals surface area contributed by atoms with Crippen LogP contribution in [-0.2, 0) is 18.6 Å². The average Bonchev–Trinajstić information content (AvgIpc) is 2.67. The molecule has 2 aromatic carbocycles. The number of hydrogen-bond acceptors (Lipinski definition) is 6. The van der Waals surface area contributed by atoms with E-state index in [0.717, 1.165) is 23.2 Å². The van der Waals surface area contributed by atoms with Crippen molar-refractivity contribution in [2.75, 3.05) is 20.5 Å². The third-order valence-electron chi connectivity index (χ3n) is 3.36. The molecule has 2 aromatic rings. The van der Waals surface area contributed by atoms with Crippen LogP contribution < -0.4 is 0 Å². The zero-order valence-corrected chi connectivity index (χ0v) is 15.1. The molecule has 0 aliphatic carbocycles. The summed E-state index contributed by atoms with van der Waals surface area (Å²) in [6.45, 7) is 0. The maximum atomic E-state index is 12.2. The minimum absolute atomic E-state index is 0.299. The minimum Gasteiger partial charge on any atom is -0.503 e. The topological polar surface area (TPSA) is 57.1 Å². The van der Waals surface area contributed by atoms with Crippen LogP contribution >= 0.6 is 12.0 Å². The lowest BCUT2D eigenvalue weighted by Gasteiger charge is -2.13. The minimum atomic E-state index is -0.493. The highest BCUT2D eigenvalue weighted by Crippen LogP contribution is 2.24. The highest BCUT2D eigenvalue weighted by atomic mass is 32.2. The van der Waals surface area contributed by atoms with E-state index in [0.29, 0.717) is 16.8 Å². The standard InChI is InChI=1S/C19H19NO4S/c1-22-13-17(19(21)23-2)15-11-7-8-12-16(15)18(20-24-25-3)14-9-5-4-6-10-14/h4-13H,1-3H3. The van der Waals surface area contributed by atoms with Crippen LogP contribution in [0.2, 0.25) is 0 Å². The van der Waals surface area contributed by atoms with Crippen LogP contribution in [0.15, 0.2) is 66.0 Å². The van der Waals surface area contributed by atoms with Crippen molar-refractivity contribution in [3.05, 3.63) is 77.5 Å². The van der Waals surface area contributed by atoms with Gasteiger partial charge < -0.3 is 13.8 Å². The molecule has 0 fully saturated rings. The van der Waals surface area contributed by atoms with Gasteiger partial charge in [0, 0.05) is 22.9 Å². The highest BCUT2D eigenvalue weighted by Gasteiger charge is 2.20. The number of oxime groups is 1. The van der Waals surface area contributed by atoms with Gasteiger partial charge in [-0.2, -0.15) is 0 Å². The Morgan fingerprint density at radius 1 is 1.00 bits per heavy atom. The predicted molar refractivity (Wildman–Crippen MR) is 100 cm³/mol. The largest absolute Gasteiger partial charge is 0.503 e. The zero-order chi connectivity index (χ0) is 18.1. The zero-order valence-electron chi connectivity index (χ0n) is 14.3. The van der Waals surface area contributed by atoms with E-state index in [1.54, 1.807) is 6.26 Å². The fraction of sp³-hybridized carbons (Fsp3) is 0.158. The first-order valence-electron chi connectivity index (χ1n) is 7.47. The molecule has 0 N–H and O–H groups in total. The maximum Gasteiger partial charge on any atom is 0.341 e. The Bertz CT molecular complexity index is 772. The summed E-state index contributed by atoms with van der Waals surface area (Å²) in [5.41, 5.74) is 3.15. The van der Waals surface area contributed by atoms with Gasteiger partial charge in [-0.15, -0.1) is 0 Å². The summed E-state index contributed by atoms with van der Waals surface area (Å²) in [4.78, 5) is 12.2. The van der Waals surface area contributed by atoms with Crippen molar-refractivity contribution in [2.45, 2.75) is 0 Å². The molecule has 0 aromatic heterocycles. The van der Waals surface area contributed by atoms with Crippen molar-refractivity contribution >= 4 is 29.3 Å². The van der Waals surface area contributed by atoms with Crippen LogP contribution in [0.3, 0.4) is 0 Å². The van der Waals surface area contributed by atoms with E-state index in [2.05, 4.69) is 5.16 Å². The number of nitrogens with zero attached hydrogens (tertiary/aromatic N) is 1. The summed E-state index contributed by atoms with van der Waals surface area (Å²) in [5.74, 6) is -0.493. The second-order valence-corrected chi connectivity index (χ2v) is 5.33. The monoisotopic (exact) mass is 357 g/mol. The summed E-state index contributed by atoms with van der Waals surface area (Å²) in [5, 5.41) is 4.23. The first-order valence-corrected chi connectivity index (χ1v) is 8.62. The number of benzene rings is 2. The van der Waals surface area contributed by atoms with E-state index in [4.69, 9.17) is 13.8 Å². The molecular weight excluding hydrogens is 338 g/mol. The lowest BCUT2D eigenvalue weighted by molar-refractivity contribution is -0.133. The van der Waals surface area contributed by atoms with Gasteiger partial charge in [0.25, 0.3) is 0 Å². The molecule has 0 bridgehead atoms. The average molecular weight is 357 g/mol. The fourth-order valence-electron chi connectivity index (χ4n) is 2.30. The van der Waals surface area contributed by atoms with E-state index < -0.39 is 5.97 Å². The van der Waals surface area contributed by atoms with E-state index in [-0.39, 0.29) is 0 Å². The maximum absolute atomic E-state index is 12.2. The van der Waals surface area contributed by atoms with E-state index >= 15 is 0 Å². The second kappa shape index (κ2) is 9.54. The van der Waals surface area contributed by atoms with Crippen molar-refractivity contribution in [3.8, 4) is 0 Å². The van der Waals surface area contributed by atoms with Gasteiger partial charge in [0.2, 0.25) is 0 Å². The van der Waals surface area contributed by atoms with Crippen molar-refractivity contribution in [3.63, 3.8) is 0 Å². The Kier molecular flexibility index (Phi) is 7.10. The summed E-state index contributed by atoms with van der Waals surface area (Å²) >= 11 is 1.14. The van der Waals surface area contributed by atoms with Crippen molar-refractivity contribution < 1.29 is 18.6 Å². The van der Waals surface area contributed by atoms with E-state index in [1.807, 2.05) is 54.6 Å². The van der Waals surface area contributed by atoms with Gasteiger partial charge >= 0.3 is 5.97 Å². The summed E-state index contributed by atoms with van der Waals surface area (Å²) < 4.78 is 15.2. The number of hydrogen-bond donors (Lipinski definition) is 0. The molecule has 0 aliphatic rings. The molecule has 0 heterocycles. The Balaban J connectivity index is 2.64. The van der Waals surface area contributed by atoms with Gasteiger partial charge in [0.1, 0.15) is 11.3 Å². The third-order valence-corrected chi connectivity index (χ3v) is 3.59. The number of ether oxygens (including phenoxy) is 2. The molecule has 0 amide bonds. The molecule has 0 radical (unpaired) electrons. The molecule has 5 nitrogen and oxygen atoms in total. The van der Waals surface area contributed by atoms with E-state index in [9.17, 15) is 4.79 Å². The van der Waals surface area contributed by atoms with Gasteiger partial charge in [-0.05, 0) is 0 Å². The summed E-state index contributed by atoms with van der Waals surface area (Å²) in [7, 11) is 2.81. The van der Waals surface area contributed by atoms with Gasteiger partial charge in [0.15, 0.2) is 0 Å². The lowest BCUT2D eigenvalue weighted by atomic mass is 9.93. The Morgan fingerprint density at radius 3 is 2.24 bits per heavy atom. The third kappa shape index (κ3) is 4.64. The van der Waals surface area contributed by atoms with Crippen LogP contribution in [0, 0.1) is 0 Å². The fourth-order valence-corrected chi connectivity index (χ4v) is 2.45. The number of carbonyl (C=O) groups is 1. The van der Waals surface area contributed by atoms with E-state index in [1.165, 1.54) is 20.5 Å². The first-order chi connectivity index (χ1) is 12.2. The van der Waals surface area contributed by atoms with Crippen LogP contribution in [0.1, 0.15) is 16.7 Å². The molecule has 130 valence electrons. The SMILES string of the molecule is COC=C(C(=O)OC)c1ccccc1C(=NOSC)c1ccccc1. The lowest BCUT2D eigenvalue weighted by Crippen LogP contribution is -2.11. The first kappa shape index (κ1) is 18.6. The van der Waals surface area contributed by atoms with Crippen LogP contribution in [0.25, 0.3) is 5.57 Å². The van der Waals surface area contributed by atoms with Crippen molar-refractivity contribution in [2.24, 2.45) is 5.16 Å². The summed E-state index contributed by atoms with van der Waals surface area (Å²) in [6.07, 6.45) is 3.14. The smallest absolute Gasteiger partial charge is 0.341 e. The van der Waals surface area contributed by atoms with Crippen molar-refractivity contribution in [1.82, 2.24) is 0 Å². The van der Waals surface area contributed by atoms with Crippen LogP contribution in [-0.4, -0.2) is 32.2 Å². The molecule has 0 unspecified atom stereocenters. The molecule has 0 saturated heterocycles. The Hall–Kier alpha value is -2.73. The molecule has 2 rings (SSSR count). The van der Waals surface area contributed by atoms with Crippen molar-refractivity contribution in [1.29, 1.82) is 0 Å². The van der Waals surface area contributed by atoms with Crippen LogP contribution in [0.5, 0.6) is 0 Å². The normalized spacial score (nSPS) is 11.8. The van der Waals surface area contributed by atoms with Gasteiger partial charge in [-0.1, -0.05) is 59.8 Å². The number of carbonyl (C=O) groups excluding carboxylic acids is 1.